The van der Waals surface area contributed by atoms with Gasteiger partial charge in [0.1, 0.15) is 10.0 Å². The highest BCUT2D eigenvalue weighted by atomic mass is 32.2. The van der Waals surface area contributed by atoms with Crippen molar-refractivity contribution in [3.8, 4) is 11.4 Å². The minimum absolute atomic E-state index is 0.0991. The fourth-order valence-corrected chi connectivity index (χ4v) is 5.90. The Bertz CT molecular complexity index is 1170. The lowest BCUT2D eigenvalue weighted by Gasteiger charge is -2.29. The molecule has 1 aromatic carbocycles. The molecule has 0 spiro atoms. The summed E-state index contributed by atoms with van der Waals surface area (Å²) in [6, 6.07) is 7.88. The van der Waals surface area contributed by atoms with Crippen molar-refractivity contribution < 1.29 is 26.9 Å². The second-order valence-electron chi connectivity index (χ2n) is 7.19. The maximum Gasteiger partial charge on any atom is 0.309 e. The Morgan fingerprint density at radius 2 is 2.10 bits per heavy atom. The summed E-state index contributed by atoms with van der Waals surface area (Å²) in [4.78, 5) is 16.5. The van der Waals surface area contributed by atoms with Crippen LogP contribution in [0.2, 0.25) is 0 Å². The highest BCUT2D eigenvalue weighted by molar-refractivity contribution is 7.91. The van der Waals surface area contributed by atoms with Crippen molar-refractivity contribution >= 4 is 27.3 Å². The second-order valence-corrected chi connectivity index (χ2v) is 10.3. The molecular formula is C20H20FN3O5S2. The molecule has 4 rings (SSSR count). The van der Waals surface area contributed by atoms with Crippen LogP contribution in [0.1, 0.15) is 24.3 Å². The molecule has 3 heterocycles. The van der Waals surface area contributed by atoms with E-state index in [1.807, 2.05) is 0 Å². The van der Waals surface area contributed by atoms with Crippen LogP contribution in [0.5, 0.6) is 0 Å². The molecular weight excluding hydrogens is 445 g/mol. The molecule has 0 radical (unpaired) electrons. The van der Waals surface area contributed by atoms with E-state index < -0.39 is 21.9 Å². The summed E-state index contributed by atoms with van der Waals surface area (Å²) >= 11 is 1.17. The van der Waals surface area contributed by atoms with Crippen LogP contribution in [0.15, 0.2) is 44.4 Å². The highest BCUT2D eigenvalue weighted by Gasteiger charge is 2.33. The van der Waals surface area contributed by atoms with E-state index in [9.17, 15) is 17.6 Å². The van der Waals surface area contributed by atoms with Gasteiger partial charge in [0.2, 0.25) is 5.82 Å². The second kappa shape index (κ2) is 8.85. The zero-order valence-corrected chi connectivity index (χ0v) is 18.3. The van der Waals surface area contributed by atoms with Gasteiger partial charge in [-0.15, -0.1) is 11.3 Å². The zero-order chi connectivity index (χ0) is 22.0. The van der Waals surface area contributed by atoms with E-state index in [0.29, 0.717) is 28.2 Å². The first-order chi connectivity index (χ1) is 14.8. The third-order valence-electron chi connectivity index (χ3n) is 5.11. The average molecular weight is 466 g/mol. The summed E-state index contributed by atoms with van der Waals surface area (Å²) in [6.45, 7) is 1.96. The van der Waals surface area contributed by atoms with Crippen LogP contribution in [-0.4, -0.2) is 41.9 Å². The molecule has 31 heavy (non-hydrogen) atoms. The Morgan fingerprint density at radius 1 is 1.32 bits per heavy atom. The van der Waals surface area contributed by atoms with Crippen LogP contribution in [0, 0.1) is 18.7 Å². The number of rotatable bonds is 6. The number of hydrogen-bond acceptors (Lipinski definition) is 8. The molecule has 8 nitrogen and oxygen atoms in total. The van der Waals surface area contributed by atoms with Crippen molar-refractivity contribution in [3.63, 3.8) is 0 Å². The van der Waals surface area contributed by atoms with Crippen molar-refractivity contribution in [3.05, 3.63) is 53.0 Å². The minimum Gasteiger partial charge on any atom is -0.455 e. The Morgan fingerprint density at radius 3 is 2.77 bits per heavy atom. The number of sulfonamides is 1. The molecule has 3 aromatic rings. The van der Waals surface area contributed by atoms with Crippen molar-refractivity contribution in [1.82, 2.24) is 14.4 Å². The van der Waals surface area contributed by atoms with Gasteiger partial charge in [-0.3, -0.25) is 4.79 Å². The van der Waals surface area contributed by atoms with E-state index in [1.165, 1.54) is 21.7 Å². The summed E-state index contributed by atoms with van der Waals surface area (Å²) < 4.78 is 50.9. The fraction of sp³-hybridized carbons (Fsp3) is 0.350. The number of hydrogen-bond donors (Lipinski definition) is 0. The Balaban J connectivity index is 1.30. The maximum atomic E-state index is 13.7. The molecule has 0 saturated carbocycles. The summed E-state index contributed by atoms with van der Waals surface area (Å²) in [5.41, 5.74) is 0.972. The number of halogens is 1. The van der Waals surface area contributed by atoms with Gasteiger partial charge in [-0.25, -0.2) is 12.8 Å². The zero-order valence-electron chi connectivity index (χ0n) is 16.7. The molecule has 1 aliphatic heterocycles. The third-order valence-corrected chi connectivity index (χ3v) is 8.38. The predicted molar refractivity (Wildman–Crippen MR) is 110 cm³/mol. The fourth-order valence-electron chi connectivity index (χ4n) is 3.28. The Hall–Kier alpha value is -2.63. The normalized spacial score (nSPS) is 15.8. The lowest BCUT2D eigenvalue weighted by molar-refractivity contribution is -0.152. The first kappa shape index (κ1) is 21.6. The number of esters is 1. The number of carbonyl (C=O) groups excluding carboxylic acids is 1. The van der Waals surface area contributed by atoms with Crippen molar-refractivity contribution in [2.45, 2.75) is 30.6 Å². The van der Waals surface area contributed by atoms with Gasteiger partial charge >= 0.3 is 5.97 Å². The molecule has 164 valence electrons. The van der Waals surface area contributed by atoms with Crippen LogP contribution in [0.25, 0.3) is 11.4 Å². The maximum absolute atomic E-state index is 13.7. The highest BCUT2D eigenvalue weighted by Crippen LogP contribution is 2.27. The number of benzene rings is 1. The third kappa shape index (κ3) is 4.68. The molecule has 11 heteroatoms. The van der Waals surface area contributed by atoms with Gasteiger partial charge in [0.15, 0.2) is 6.61 Å². The van der Waals surface area contributed by atoms with Crippen molar-refractivity contribution in [1.29, 1.82) is 0 Å². The van der Waals surface area contributed by atoms with E-state index in [-0.39, 0.29) is 37.2 Å². The van der Waals surface area contributed by atoms with Crippen molar-refractivity contribution in [2.75, 3.05) is 13.1 Å². The SMILES string of the molecule is Cc1ccc(-c2noc(COC(=O)C3CCN(S(=O)(=O)c4cccs4)CC3)n2)cc1F. The molecule has 0 unspecified atom stereocenters. The van der Waals surface area contributed by atoms with Crippen LogP contribution >= 0.6 is 11.3 Å². The van der Waals surface area contributed by atoms with Crippen LogP contribution in [0.4, 0.5) is 4.39 Å². The molecule has 1 saturated heterocycles. The van der Waals surface area contributed by atoms with Gasteiger partial charge in [0.05, 0.1) is 5.92 Å². The number of piperidine rings is 1. The molecule has 1 fully saturated rings. The molecule has 0 N–H and O–H groups in total. The number of ether oxygens (including phenoxy) is 1. The van der Waals surface area contributed by atoms with Crippen LogP contribution in [0.3, 0.4) is 0 Å². The number of aromatic nitrogens is 2. The van der Waals surface area contributed by atoms with Gasteiger partial charge in [-0.2, -0.15) is 9.29 Å². The summed E-state index contributed by atoms with van der Waals surface area (Å²) in [5.74, 6) is -0.903. The number of thiophene rings is 1. The monoisotopic (exact) mass is 465 g/mol. The van der Waals surface area contributed by atoms with Crippen molar-refractivity contribution in [2.24, 2.45) is 5.92 Å². The predicted octanol–water partition coefficient (Wildman–Crippen LogP) is 3.39. The molecule has 0 aliphatic carbocycles. The molecule has 2 aromatic heterocycles. The first-order valence-electron chi connectivity index (χ1n) is 9.64. The standard InChI is InChI=1S/C20H20FN3O5S2/c1-13-4-5-15(11-16(13)21)19-22-17(29-23-19)12-28-20(25)14-6-8-24(9-7-14)31(26,27)18-3-2-10-30-18/h2-5,10-11,14H,6-9,12H2,1H3. The minimum atomic E-state index is -3.51. The van der Waals surface area contributed by atoms with Gasteiger partial charge in [-0.1, -0.05) is 23.4 Å². The molecule has 0 bridgehead atoms. The molecule has 1 aliphatic rings. The molecule has 0 amide bonds. The summed E-state index contributed by atoms with van der Waals surface area (Å²) in [6.07, 6.45) is 0.752. The Kier molecular flexibility index (Phi) is 6.17. The smallest absolute Gasteiger partial charge is 0.309 e. The summed E-state index contributed by atoms with van der Waals surface area (Å²) in [5, 5.41) is 5.51. The first-order valence-corrected chi connectivity index (χ1v) is 12.0. The van der Waals surface area contributed by atoms with Crippen LogP contribution in [-0.2, 0) is 26.2 Å². The van der Waals surface area contributed by atoms with Gasteiger partial charge in [-0.05, 0) is 42.8 Å². The van der Waals surface area contributed by atoms with E-state index in [0.717, 1.165) is 0 Å². The van der Waals surface area contributed by atoms with Gasteiger partial charge in [0, 0.05) is 18.7 Å². The lowest BCUT2D eigenvalue weighted by Crippen LogP contribution is -2.40. The molecule has 0 atom stereocenters. The number of carbonyl (C=O) groups is 1. The summed E-state index contributed by atoms with van der Waals surface area (Å²) in [7, 11) is -3.51. The van der Waals surface area contributed by atoms with E-state index in [2.05, 4.69) is 10.1 Å². The number of aryl methyl sites for hydroxylation is 1. The Labute approximate surface area is 182 Å². The van der Waals surface area contributed by atoms with E-state index in [1.54, 1.807) is 36.6 Å². The van der Waals surface area contributed by atoms with Crippen LogP contribution < -0.4 is 0 Å². The van der Waals surface area contributed by atoms with E-state index >= 15 is 0 Å². The van der Waals surface area contributed by atoms with Gasteiger partial charge < -0.3 is 9.26 Å². The topological polar surface area (TPSA) is 103 Å². The lowest BCUT2D eigenvalue weighted by atomic mass is 9.98. The largest absolute Gasteiger partial charge is 0.455 e. The quantitative estimate of drug-likeness (QED) is 0.514. The number of nitrogens with zero attached hydrogens (tertiary/aromatic N) is 3. The van der Waals surface area contributed by atoms with Gasteiger partial charge in [0.25, 0.3) is 15.9 Å². The average Bonchev–Trinajstić information content (AvgIpc) is 3.47. The van der Waals surface area contributed by atoms with E-state index in [4.69, 9.17) is 9.26 Å².